The number of aliphatic carboxylic acids is 1. The molecule has 0 aromatic heterocycles. The molecule has 0 radical (unpaired) electrons. The van der Waals surface area contributed by atoms with Gasteiger partial charge in [-0.3, -0.25) is 0 Å². The second-order valence-electron chi connectivity index (χ2n) is 9.59. The van der Waals surface area contributed by atoms with Crippen LogP contribution in [-0.2, 0) is 17.6 Å². The number of benzene rings is 3. The fourth-order valence-electron chi connectivity index (χ4n) is 4.57. The van der Waals surface area contributed by atoms with Crippen molar-refractivity contribution in [1.82, 2.24) is 10.2 Å². The fourth-order valence-corrected chi connectivity index (χ4v) is 4.57. The van der Waals surface area contributed by atoms with E-state index in [1.807, 2.05) is 25.2 Å². The highest BCUT2D eigenvalue weighted by atomic mass is 19.1. The number of carboxylic acids is 1. The van der Waals surface area contributed by atoms with Crippen molar-refractivity contribution < 1.29 is 28.6 Å². The second-order valence-corrected chi connectivity index (χ2v) is 9.59. The van der Waals surface area contributed by atoms with E-state index in [-0.39, 0.29) is 18.2 Å². The van der Waals surface area contributed by atoms with Crippen LogP contribution in [0, 0.1) is 5.82 Å². The summed E-state index contributed by atoms with van der Waals surface area (Å²) in [4.78, 5) is 26.0. The van der Waals surface area contributed by atoms with E-state index in [1.165, 1.54) is 25.1 Å². The normalized spacial score (nSPS) is 18.7. The molecule has 1 fully saturated rings. The summed E-state index contributed by atoms with van der Waals surface area (Å²) in [6.45, 7) is 2.36. The first-order chi connectivity index (χ1) is 17.7. The van der Waals surface area contributed by atoms with Gasteiger partial charge in [-0.2, -0.15) is 0 Å². The van der Waals surface area contributed by atoms with Crippen molar-refractivity contribution >= 4 is 12.0 Å². The van der Waals surface area contributed by atoms with Crippen LogP contribution in [0.15, 0.2) is 78.9 Å². The Labute approximate surface area is 215 Å². The fraction of sp³-hybridized carbons (Fsp3) is 0.310. The summed E-state index contributed by atoms with van der Waals surface area (Å²) in [6.07, 6.45) is 1.38. The maximum absolute atomic E-state index is 14.0. The second kappa shape index (κ2) is 10.9. The number of urea groups is 1. The standard InChI is InChI=1S/C29H31FN2O5/c1-28(26(33)34,37-25-11-7-6-10-24(25)30)18-22-12-14-23(15-13-22)36-17-16-29(20-31-27(35)32(29)2)19-21-8-4-3-5-9-21/h3-15H,16-20H2,1-2H3,(H,31,35)(H,33,34). The van der Waals surface area contributed by atoms with Gasteiger partial charge in [0.2, 0.25) is 5.60 Å². The average Bonchev–Trinajstić information content (AvgIpc) is 3.15. The molecule has 2 N–H and O–H groups in total. The SMILES string of the molecule is CN1C(=O)NCC1(CCOc1ccc(CC(C)(Oc2ccccc2F)C(=O)O)cc1)Cc1ccccc1. The molecule has 37 heavy (non-hydrogen) atoms. The predicted molar refractivity (Wildman–Crippen MR) is 137 cm³/mol. The molecule has 0 spiro atoms. The molecule has 2 atom stereocenters. The van der Waals surface area contributed by atoms with Gasteiger partial charge in [0.1, 0.15) is 5.75 Å². The lowest BCUT2D eigenvalue weighted by Crippen LogP contribution is -2.47. The molecular weight excluding hydrogens is 475 g/mol. The van der Waals surface area contributed by atoms with Crippen molar-refractivity contribution in [3.63, 3.8) is 0 Å². The Morgan fingerprint density at radius 2 is 1.73 bits per heavy atom. The monoisotopic (exact) mass is 506 g/mol. The van der Waals surface area contributed by atoms with Gasteiger partial charge in [-0.15, -0.1) is 0 Å². The van der Waals surface area contributed by atoms with E-state index in [2.05, 4.69) is 17.4 Å². The Morgan fingerprint density at radius 3 is 2.35 bits per heavy atom. The molecule has 0 aliphatic carbocycles. The summed E-state index contributed by atoms with van der Waals surface area (Å²) in [5.74, 6) is -1.29. The van der Waals surface area contributed by atoms with Crippen LogP contribution < -0.4 is 14.8 Å². The molecule has 8 heteroatoms. The summed E-state index contributed by atoms with van der Waals surface area (Å²) in [7, 11) is 1.81. The molecule has 2 amide bonds. The number of carbonyl (C=O) groups is 2. The zero-order valence-electron chi connectivity index (χ0n) is 20.9. The van der Waals surface area contributed by atoms with Crippen molar-refractivity contribution in [2.75, 3.05) is 20.2 Å². The van der Waals surface area contributed by atoms with Gasteiger partial charge in [0.15, 0.2) is 11.6 Å². The molecule has 3 aromatic carbocycles. The first kappa shape index (κ1) is 26.0. The third-order valence-corrected chi connectivity index (χ3v) is 6.89. The summed E-state index contributed by atoms with van der Waals surface area (Å²) in [5.41, 5.74) is -0.194. The van der Waals surface area contributed by atoms with Crippen LogP contribution in [0.4, 0.5) is 9.18 Å². The number of rotatable bonds is 11. The van der Waals surface area contributed by atoms with Gasteiger partial charge in [-0.1, -0.05) is 54.6 Å². The number of carboxylic acid groups (broad SMARTS) is 1. The van der Waals surface area contributed by atoms with E-state index >= 15 is 0 Å². The van der Waals surface area contributed by atoms with Crippen molar-refractivity contribution in [2.45, 2.75) is 37.3 Å². The number of nitrogens with zero attached hydrogens (tertiary/aromatic N) is 1. The quantitative estimate of drug-likeness (QED) is 0.394. The average molecular weight is 507 g/mol. The van der Waals surface area contributed by atoms with Crippen LogP contribution in [0.1, 0.15) is 24.5 Å². The van der Waals surface area contributed by atoms with Gasteiger partial charge < -0.3 is 24.8 Å². The van der Waals surface area contributed by atoms with E-state index in [1.54, 1.807) is 35.2 Å². The van der Waals surface area contributed by atoms with Gasteiger partial charge in [0, 0.05) is 26.4 Å². The van der Waals surface area contributed by atoms with Crippen molar-refractivity contribution in [2.24, 2.45) is 0 Å². The Hall–Kier alpha value is -4.07. The van der Waals surface area contributed by atoms with Crippen LogP contribution in [0.3, 0.4) is 0 Å². The molecule has 7 nitrogen and oxygen atoms in total. The van der Waals surface area contributed by atoms with Crippen LogP contribution in [0.25, 0.3) is 0 Å². The molecule has 0 bridgehead atoms. The number of likely N-dealkylation sites (N-methyl/N-ethyl adjacent to an activating group) is 1. The molecule has 194 valence electrons. The zero-order valence-corrected chi connectivity index (χ0v) is 20.9. The van der Waals surface area contributed by atoms with Gasteiger partial charge in [0.25, 0.3) is 0 Å². The molecule has 4 rings (SSSR count). The number of para-hydroxylation sites is 1. The van der Waals surface area contributed by atoms with Gasteiger partial charge in [-0.25, -0.2) is 14.0 Å². The first-order valence-corrected chi connectivity index (χ1v) is 12.2. The number of hydrogen-bond acceptors (Lipinski definition) is 4. The molecule has 0 saturated carbocycles. The van der Waals surface area contributed by atoms with Crippen LogP contribution in [-0.4, -0.2) is 53.3 Å². The van der Waals surface area contributed by atoms with Crippen molar-refractivity contribution in [3.8, 4) is 11.5 Å². The van der Waals surface area contributed by atoms with Gasteiger partial charge in [0.05, 0.1) is 12.1 Å². The third-order valence-electron chi connectivity index (χ3n) is 6.89. The van der Waals surface area contributed by atoms with E-state index in [0.29, 0.717) is 37.3 Å². The summed E-state index contributed by atoms with van der Waals surface area (Å²) in [5, 5.41) is 12.7. The zero-order chi connectivity index (χ0) is 26.5. The lowest BCUT2D eigenvalue weighted by molar-refractivity contribution is -0.153. The lowest BCUT2D eigenvalue weighted by Gasteiger charge is -2.35. The molecule has 3 aromatic rings. The maximum atomic E-state index is 14.0. The minimum atomic E-state index is -1.65. The van der Waals surface area contributed by atoms with Gasteiger partial charge in [-0.05, 0) is 48.7 Å². The molecule has 2 unspecified atom stereocenters. The van der Waals surface area contributed by atoms with E-state index < -0.39 is 22.9 Å². The predicted octanol–water partition coefficient (Wildman–Crippen LogP) is 4.70. The molecule has 1 saturated heterocycles. The number of nitrogens with one attached hydrogen (secondary N) is 1. The minimum absolute atomic E-state index is 0.0374. The summed E-state index contributed by atoms with van der Waals surface area (Å²) < 4.78 is 25.6. The number of ether oxygens (including phenoxy) is 2. The number of hydrogen-bond donors (Lipinski definition) is 2. The Morgan fingerprint density at radius 1 is 1.05 bits per heavy atom. The Bertz CT molecular complexity index is 1240. The topological polar surface area (TPSA) is 88.1 Å². The highest BCUT2D eigenvalue weighted by molar-refractivity contribution is 5.78. The van der Waals surface area contributed by atoms with Crippen molar-refractivity contribution in [1.29, 1.82) is 0 Å². The molecular formula is C29H31FN2O5. The number of halogens is 1. The largest absolute Gasteiger partial charge is 0.494 e. The molecule has 1 aliphatic rings. The molecule has 1 aliphatic heterocycles. The Kier molecular flexibility index (Phi) is 7.66. The number of amides is 2. The lowest BCUT2D eigenvalue weighted by atomic mass is 9.87. The summed E-state index contributed by atoms with van der Waals surface area (Å²) in [6, 6.07) is 22.8. The smallest absolute Gasteiger partial charge is 0.348 e. The van der Waals surface area contributed by atoms with Crippen LogP contribution >= 0.6 is 0 Å². The van der Waals surface area contributed by atoms with Crippen molar-refractivity contribution in [3.05, 3.63) is 95.8 Å². The first-order valence-electron chi connectivity index (χ1n) is 12.2. The highest BCUT2D eigenvalue weighted by Gasteiger charge is 2.43. The summed E-state index contributed by atoms with van der Waals surface area (Å²) >= 11 is 0. The maximum Gasteiger partial charge on any atom is 0.348 e. The minimum Gasteiger partial charge on any atom is -0.494 e. The molecule has 1 heterocycles. The Balaban J connectivity index is 1.39. The third kappa shape index (κ3) is 6.02. The van der Waals surface area contributed by atoms with E-state index in [4.69, 9.17) is 9.47 Å². The van der Waals surface area contributed by atoms with Gasteiger partial charge >= 0.3 is 12.0 Å². The highest BCUT2D eigenvalue weighted by Crippen LogP contribution is 2.29. The number of carbonyl (C=O) groups excluding carboxylic acids is 1. The van der Waals surface area contributed by atoms with E-state index in [9.17, 15) is 19.1 Å². The van der Waals surface area contributed by atoms with Crippen LogP contribution in [0.2, 0.25) is 0 Å². The van der Waals surface area contributed by atoms with E-state index in [0.717, 1.165) is 5.56 Å². The van der Waals surface area contributed by atoms with Crippen LogP contribution in [0.5, 0.6) is 11.5 Å².